The van der Waals surface area contributed by atoms with Crippen LogP contribution in [0.5, 0.6) is 0 Å². The van der Waals surface area contributed by atoms with Crippen LogP contribution in [0.3, 0.4) is 0 Å². The van der Waals surface area contributed by atoms with E-state index >= 15 is 0 Å². The molecule has 2 aromatic carbocycles. The standard InChI is InChI=1S/C16H13ClFNO/c1-9-6-11(17)2-4-13(9)16(19)15-8-10-7-12(18)3-5-14(10)20-15/h2-8,16H,19H2,1H3. The van der Waals surface area contributed by atoms with Crippen LogP contribution in [0.1, 0.15) is 22.9 Å². The summed E-state index contributed by atoms with van der Waals surface area (Å²) in [6.45, 7) is 1.95. The van der Waals surface area contributed by atoms with Gasteiger partial charge in [-0.05, 0) is 54.4 Å². The summed E-state index contributed by atoms with van der Waals surface area (Å²) < 4.78 is 18.9. The fraction of sp³-hybridized carbons (Fsp3) is 0.125. The average molecular weight is 290 g/mol. The van der Waals surface area contributed by atoms with Crippen LogP contribution in [-0.2, 0) is 0 Å². The zero-order chi connectivity index (χ0) is 14.3. The van der Waals surface area contributed by atoms with E-state index in [1.165, 1.54) is 12.1 Å². The molecular formula is C16H13ClFNO. The predicted octanol–water partition coefficient (Wildman–Crippen LogP) is 4.58. The summed E-state index contributed by atoms with van der Waals surface area (Å²) in [5.74, 6) is 0.317. The number of hydrogen-bond donors (Lipinski definition) is 1. The number of nitrogens with two attached hydrogens (primary N) is 1. The SMILES string of the molecule is Cc1cc(Cl)ccc1C(N)c1cc2cc(F)ccc2o1. The summed E-state index contributed by atoms with van der Waals surface area (Å²) in [6.07, 6.45) is 0. The lowest BCUT2D eigenvalue weighted by Crippen LogP contribution is -2.12. The number of fused-ring (bicyclic) bond motifs is 1. The lowest BCUT2D eigenvalue weighted by atomic mass is 10.00. The Bertz CT molecular complexity index is 781. The third-order valence-electron chi connectivity index (χ3n) is 3.37. The summed E-state index contributed by atoms with van der Waals surface area (Å²) in [7, 11) is 0. The largest absolute Gasteiger partial charge is 0.459 e. The second-order valence-electron chi connectivity index (χ2n) is 4.81. The van der Waals surface area contributed by atoms with Crippen molar-refractivity contribution < 1.29 is 8.81 Å². The van der Waals surface area contributed by atoms with E-state index in [4.69, 9.17) is 21.8 Å². The average Bonchev–Trinajstić information content (AvgIpc) is 2.81. The van der Waals surface area contributed by atoms with Gasteiger partial charge in [-0.2, -0.15) is 0 Å². The highest BCUT2D eigenvalue weighted by atomic mass is 35.5. The molecule has 0 aliphatic carbocycles. The molecule has 0 radical (unpaired) electrons. The van der Waals surface area contributed by atoms with E-state index < -0.39 is 6.04 Å². The van der Waals surface area contributed by atoms with Crippen molar-refractivity contribution >= 4 is 22.6 Å². The van der Waals surface area contributed by atoms with Crippen molar-refractivity contribution in [1.29, 1.82) is 0 Å². The van der Waals surface area contributed by atoms with Gasteiger partial charge in [0.1, 0.15) is 17.2 Å². The minimum Gasteiger partial charge on any atom is -0.459 e. The zero-order valence-corrected chi connectivity index (χ0v) is 11.6. The summed E-state index contributed by atoms with van der Waals surface area (Å²) >= 11 is 5.94. The first-order valence-corrected chi connectivity index (χ1v) is 6.63. The molecule has 3 rings (SSSR count). The van der Waals surface area contributed by atoms with Gasteiger partial charge >= 0.3 is 0 Å². The lowest BCUT2D eigenvalue weighted by Gasteiger charge is -2.12. The van der Waals surface area contributed by atoms with Crippen LogP contribution in [0.15, 0.2) is 46.9 Å². The maximum Gasteiger partial charge on any atom is 0.134 e. The van der Waals surface area contributed by atoms with Crippen molar-refractivity contribution in [2.45, 2.75) is 13.0 Å². The van der Waals surface area contributed by atoms with Gasteiger partial charge in [0.2, 0.25) is 0 Å². The molecule has 0 spiro atoms. The quantitative estimate of drug-likeness (QED) is 0.750. The van der Waals surface area contributed by atoms with Gasteiger partial charge < -0.3 is 10.2 Å². The first-order valence-electron chi connectivity index (χ1n) is 6.25. The normalized spacial score (nSPS) is 12.8. The third-order valence-corrected chi connectivity index (χ3v) is 3.61. The van der Waals surface area contributed by atoms with Crippen LogP contribution in [0.25, 0.3) is 11.0 Å². The molecular weight excluding hydrogens is 277 g/mol. The molecule has 1 atom stereocenters. The Labute approximate surface area is 121 Å². The molecule has 0 bridgehead atoms. The Hall–Kier alpha value is -1.84. The number of benzene rings is 2. The smallest absolute Gasteiger partial charge is 0.134 e. The highest BCUT2D eigenvalue weighted by Crippen LogP contribution is 2.29. The maximum atomic E-state index is 13.2. The molecule has 2 nitrogen and oxygen atoms in total. The minimum absolute atomic E-state index is 0.291. The van der Waals surface area contributed by atoms with Crippen LogP contribution in [0.4, 0.5) is 4.39 Å². The summed E-state index contributed by atoms with van der Waals surface area (Å²) in [6, 6.07) is 11.3. The van der Waals surface area contributed by atoms with Crippen molar-refractivity contribution in [2.75, 3.05) is 0 Å². The minimum atomic E-state index is -0.400. The van der Waals surface area contributed by atoms with Gasteiger partial charge in [0.15, 0.2) is 0 Å². The first-order chi connectivity index (χ1) is 9.54. The second-order valence-corrected chi connectivity index (χ2v) is 5.25. The van der Waals surface area contributed by atoms with Gasteiger partial charge in [-0.3, -0.25) is 0 Å². The molecule has 4 heteroatoms. The number of rotatable bonds is 2. The monoisotopic (exact) mass is 289 g/mol. The van der Waals surface area contributed by atoms with Crippen LogP contribution in [0, 0.1) is 12.7 Å². The molecule has 3 aromatic rings. The van der Waals surface area contributed by atoms with Crippen molar-refractivity contribution in [1.82, 2.24) is 0 Å². The van der Waals surface area contributed by atoms with E-state index in [1.54, 1.807) is 18.2 Å². The Morgan fingerprint density at radius 2 is 1.95 bits per heavy atom. The van der Waals surface area contributed by atoms with Gasteiger partial charge in [0, 0.05) is 10.4 Å². The fourth-order valence-corrected chi connectivity index (χ4v) is 2.56. The first kappa shape index (κ1) is 13.2. The number of hydrogen-bond acceptors (Lipinski definition) is 2. The number of furan rings is 1. The van der Waals surface area contributed by atoms with E-state index in [-0.39, 0.29) is 5.82 Å². The Morgan fingerprint density at radius 3 is 2.70 bits per heavy atom. The van der Waals surface area contributed by atoms with Crippen molar-refractivity contribution in [3.63, 3.8) is 0 Å². The van der Waals surface area contributed by atoms with E-state index in [9.17, 15) is 4.39 Å². The van der Waals surface area contributed by atoms with Gasteiger partial charge in [-0.15, -0.1) is 0 Å². The molecule has 0 fully saturated rings. The topological polar surface area (TPSA) is 39.2 Å². The zero-order valence-electron chi connectivity index (χ0n) is 10.9. The Kier molecular flexibility index (Phi) is 3.24. The molecule has 0 aliphatic rings. The number of aryl methyl sites for hydroxylation is 1. The van der Waals surface area contributed by atoms with E-state index in [2.05, 4.69) is 0 Å². The highest BCUT2D eigenvalue weighted by Gasteiger charge is 2.16. The molecule has 20 heavy (non-hydrogen) atoms. The molecule has 1 unspecified atom stereocenters. The molecule has 0 amide bonds. The van der Waals surface area contributed by atoms with Crippen molar-refractivity contribution in [3.05, 3.63) is 70.2 Å². The van der Waals surface area contributed by atoms with Crippen LogP contribution in [0.2, 0.25) is 5.02 Å². The summed E-state index contributed by atoms with van der Waals surface area (Å²) in [5, 5.41) is 1.38. The van der Waals surface area contributed by atoms with Crippen molar-refractivity contribution in [3.8, 4) is 0 Å². The fourth-order valence-electron chi connectivity index (χ4n) is 2.33. The maximum absolute atomic E-state index is 13.2. The Morgan fingerprint density at radius 1 is 1.15 bits per heavy atom. The van der Waals surface area contributed by atoms with Crippen LogP contribution < -0.4 is 5.73 Å². The predicted molar refractivity (Wildman–Crippen MR) is 78.4 cm³/mol. The van der Waals surface area contributed by atoms with Crippen LogP contribution >= 0.6 is 11.6 Å². The second kappa shape index (κ2) is 4.93. The van der Waals surface area contributed by atoms with Gasteiger partial charge in [0.05, 0.1) is 6.04 Å². The van der Waals surface area contributed by atoms with Gasteiger partial charge in [-0.1, -0.05) is 17.7 Å². The van der Waals surface area contributed by atoms with Crippen molar-refractivity contribution in [2.24, 2.45) is 5.73 Å². The summed E-state index contributed by atoms with van der Waals surface area (Å²) in [4.78, 5) is 0. The van der Waals surface area contributed by atoms with E-state index in [1.807, 2.05) is 19.1 Å². The lowest BCUT2D eigenvalue weighted by molar-refractivity contribution is 0.524. The molecule has 102 valence electrons. The van der Waals surface area contributed by atoms with Crippen LogP contribution in [-0.4, -0.2) is 0 Å². The molecule has 1 heterocycles. The molecule has 2 N–H and O–H groups in total. The van der Waals surface area contributed by atoms with E-state index in [0.717, 1.165) is 11.1 Å². The Balaban J connectivity index is 2.05. The molecule has 1 aromatic heterocycles. The van der Waals surface area contributed by atoms with Gasteiger partial charge in [-0.25, -0.2) is 4.39 Å². The number of halogens is 2. The summed E-state index contributed by atoms with van der Waals surface area (Å²) in [5.41, 5.74) is 8.80. The highest BCUT2D eigenvalue weighted by molar-refractivity contribution is 6.30. The molecule has 0 aliphatic heterocycles. The van der Waals surface area contributed by atoms with Gasteiger partial charge in [0.25, 0.3) is 0 Å². The third kappa shape index (κ3) is 2.30. The van der Waals surface area contributed by atoms with E-state index in [0.29, 0.717) is 21.8 Å². The molecule has 0 saturated heterocycles. The molecule has 0 saturated carbocycles.